The van der Waals surface area contributed by atoms with Crippen molar-refractivity contribution in [3.05, 3.63) is 30.3 Å². The lowest BCUT2D eigenvalue weighted by Crippen LogP contribution is -2.34. The van der Waals surface area contributed by atoms with Gasteiger partial charge < -0.3 is 9.05 Å². The van der Waals surface area contributed by atoms with Crippen molar-refractivity contribution in [2.75, 3.05) is 26.1 Å². The Morgan fingerprint density at radius 3 is 2.09 bits per heavy atom. The molecule has 0 atom stereocenters. The van der Waals surface area contributed by atoms with Crippen molar-refractivity contribution in [3.63, 3.8) is 0 Å². The molecule has 0 bridgehead atoms. The van der Waals surface area contributed by atoms with Crippen LogP contribution in [-0.2, 0) is 28.2 Å². The highest BCUT2D eigenvalue weighted by atomic mass is 32.2. The fourth-order valence-electron chi connectivity index (χ4n) is 1.86. The average Bonchev–Trinajstić information content (AvgIpc) is 2.47. The summed E-state index contributed by atoms with van der Waals surface area (Å²) in [6, 6.07) is 7.90. The van der Waals surface area contributed by atoms with Gasteiger partial charge in [0.05, 0.1) is 10.6 Å². The van der Waals surface area contributed by atoms with E-state index >= 15 is 0 Å². The van der Waals surface area contributed by atoms with E-state index in [-0.39, 0.29) is 10.6 Å². The van der Waals surface area contributed by atoms with Crippen molar-refractivity contribution in [2.45, 2.75) is 18.7 Å². The zero-order valence-corrected chi connectivity index (χ0v) is 14.8. The van der Waals surface area contributed by atoms with Gasteiger partial charge in [-0.05, 0) is 12.1 Å². The highest BCUT2D eigenvalue weighted by molar-refractivity contribution is 7.91. The van der Waals surface area contributed by atoms with Crippen LogP contribution in [0.3, 0.4) is 0 Å². The monoisotopic (exact) mass is 348 g/mol. The molecule has 0 saturated carbocycles. The van der Waals surface area contributed by atoms with Crippen LogP contribution >= 0.6 is 7.60 Å². The average molecular weight is 348 g/mol. The third kappa shape index (κ3) is 4.74. The molecule has 0 aliphatic rings. The Hall–Kier alpha value is -1.01. The first-order valence-corrected chi connectivity index (χ1v) is 9.96. The Balaban J connectivity index is 2.96. The summed E-state index contributed by atoms with van der Waals surface area (Å²) in [5, 5.41) is 0. The zero-order chi connectivity index (χ0) is 17.0. The molecule has 6 nitrogen and oxygen atoms in total. The van der Waals surface area contributed by atoms with Crippen LogP contribution in [0.25, 0.3) is 0 Å². The Bertz CT molecular complexity index is 658. The summed E-state index contributed by atoms with van der Waals surface area (Å²) in [6.07, 6.45) is -0.461. The second-order valence-electron chi connectivity index (χ2n) is 5.51. The Kier molecular flexibility index (Phi) is 6.10. The summed E-state index contributed by atoms with van der Waals surface area (Å²) in [5.74, 6) is -0.866. The van der Waals surface area contributed by atoms with Crippen molar-refractivity contribution in [1.29, 1.82) is 0 Å². The lowest BCUT2D eigenvalue weighted by atomic mass is 9.92. The zero-order valence-electron chi connectivity index (χ0n) is 13.1. The van der Waals surface area contributed by atoms with E-state index in [0.29, 0.717) is 0 Å². The van der Waals surface area contributed by atoms with E-state index in [0.717, 1.165) is 0 Å². The van der Waals surface area contributed by atoms with E-state index in [2.05, 4.69) is 0 Å². The molecule has 1 aromatic rings. The van der Waals surface area contributed by atoms with Gasteiger partial charge in [-0.15, -0.1) is 0 Å². The van der Waals surface area contributed by atoms with Crippen LogP contribution in [0.2, 0.25) is 0 Å². The molecule has 0 radical (unpaired) electrons. The number of hydrogen-bond donors (Lipinski definition) is 0. The molecule has 1 aromatic carbocycles. The minimum atomic E-state index is -3.62. The van der Waals surface area contributed by atoms with E-state index < -0.39 is 34.8 Å². The SMILES string of the molecule is COP(=O)(CC(=O)C(C)(C)CS(=O)(=O)c1ccccc1)OC. The summed E-state index contributed by atoms with van der Waals surface area (Å²) in [7, 11) is -4.77. The predicted molar refractivity (Wildman–Crippen MR) is 83.8 cm³/mol. The standard InChI is InChI=1S/C14H21O6PS/c1-14(2,13(15)10-21(16,19-3)20-4)11-22(17,18)12-8-6-5-7-9-12/h5-9H,10-11H2,1-4H3. The van der Waals surface area contributed by atoms with Crippen LogP contribution in [0.5, 0.6) is 0 Å². The van der Waals surface area contributed by atoms with Crippen LogP contribution < -0.4 is 0 Å². The third-order valence-corrected chi connectivity index (χ3v) is 7.18. The molecule has 0 N–H and O–H groups in total. The predicted octanol–water partition coefficient (Wildman–Crippen LogP) is 2.54. The molecule has 0 aliphatic carbocycles. The van der Waals surface area contributed by atoms with E-state index in [1.807, 2.05) is 0 Å². The minimum absolute atomic E-state index is 0.151. The van der Waals surface area contributed by atoms with Crippen LogP contribution in [0.15, 0.2) is 35.2 Å². The van der Waals surface area contributed by atoms with E-state index in [4.69, 9.17) is 9.05 Å². The molecule has 0 amide bonds. The maximum absolute atomic E-state index is 12.4. The number of ketones is 1. The third-order valence-electron chi connectivity index (χ3n) is 3.30. The van der Waals surface area contributed by atoms with Gasteiger partial charge in [0, 0.05) is 19.6 Å². The molecular formula is C14H21O6PS. The first-order valence-electron chi connectivity index (χ1n) is 6.58. The highest BCUT2D eigenvalue weighted by Gasteiger charge is 2.38. The molecule has 8 heteroatoms. The van der Waals surface area contributed by atoms with Gasteiger partial charge in [-0.1, -0.05) is 32.0 Å². The normalized spacial score (nSPS) is 13.1. The van der Waals surface area contributed by atoms with Gasteiger partial charge in [0.25, 0.3) is 0 Å². The van der Waals surface area contributed by atoms with Gasteiger partial charge in [0.1, 0.15) is 6.16 Å². The topological polar surface area (TPSA) is 86.7 Å². The second kappa shape index (κ2) is 7.04. The summed E-state index contributed by atoms with van der Waals surface area (Å²) in [5.41, 5.74) is -1.21. The van der Waals surface area contributed by atoms with Crippen molar-refractivity contribution in [1.82, 2.24) is 0 Å². The molecule has 0 aromatic heterocycles. The quantitative estimate of drug-likeness (QED) is 0.671. The minimum Gasteiger partial charge on any atom is -0.312 e. The fraction of sp³-hybridized carbons (Fsp3) is 0.500. The molecule has 0 saturated heterocycles. The van der Waals surface area contributed by atoms with Crippen molar-refractivity contribution in [2.24, 2.45) is 5.41 Å². The first-order chi connectivity index (χ1) is 10.1. The van der Waals surface area contributed by atoms with Gasteiger partial charge in [-0.2, -0.15) is 0 Å². The molecule has 1 rings (SSSR count). The number of carbonyl (C=O) groups is 1. The Morgan fingerprint density at radius 1 is 1.14 bits per heavy atom. The molecule has 124 valence electrons. The molecule has 0 spiro atoms. The van der Waals surface area contributed by atoms with Crippen molar-refractivity contribution < 1.29 is 26.8 Å². The maximum atomic E-state index is 12.4. The number of benzene rings is 1. The molecule has 0 unspecified atom stereocenters. The number of sulfone groups is 1. The van der Waals surface area contributed by atoms with Crippen LogP contribution in [-0.4, -0.2) is 40.3 Å². The largest absolute Gasteiger partial charge is 0.337 e. The van der Waals surface area contributed by atoms with E-state index in [1.165, 1.54) is 40.2 Å². The summed E-state index contributed by atoms with van der Waals surface area (Å²) >= 11 is 0. The summed E-state index contributed by atoms with van der Waals surface area (Å²) in [6.45, 7) is 3.01. The van der Waals surface area contributed by atoms with Crippen molar-refractivity contribution in [3.8, 4) is 0 Å². The number of hydrogen-bond acceptors (Lipinski definition) is 6. The van der Waals surface area contributed by atoms with Crippen LogP contribution in [0.1, 0.15) is 13.8 Å². The number of rotatable bonds is 8. The molecule has 0 aliphatic heterocycles. The smallest absolute Gasteiger partial charge is 0.312 e. The number of carbonyl (C=O) groups excluding carboxylic acids is 1. The van der Waals surface area contributed by atoms with E-state index in [1.54, 1.807) is 18.2 Å². The van der Waals surface area contributed by atoms with Gasteiger partial charge in [-0.3, -0.25) is 9.36 Å². The Morgan fingerprint density at radius 2 is 1.64 bits per heavy atom. The Labute approximate surface area is 131 Å². The number of Topliss-reactive ketones (excluding diaryl/α,β-unsaturated/α-hetero) is 1. The van der Waals surface area contributed by atoms with Gasteiger partial charge in [0.2, 0.25) is 0 Å². The van der Waals surface area contributed by atoms with Gasteiger partial charge >= 0.3 is 7.60 Å². The summed E-state index contributed by atoms with van der Waals surface area (Å²) < 4.78 is 46.2. The molecular weight excluding hydrogens is 327 g/mol. The van der Waals surface area contributed by atoms with Gasteiger partial charge in [0.15, 0.2) is 15.6 Å². The lowest BCUT2D eigenvalue weighted by Gasteiger charge is -2.24. The van der Waals surface area contributed by atoms with Crippen LogP contribution in [0.4, 0.5) is 0 Å². The van der Waals surface area contributed by atoms with E-state index in [9.17, 15) is 17.8 Å². The fourth-order valence-corrected chi connectivity index (χ4v) is 4.90. The summed E-state index contributed by atoms with van der Waals surface area (Å²) in [4.78, 5) is 12.5. The van der Waals surface area contributed by atoms with Crippen LogP contribution in [0, 0.1) is 5.41 Å². The lowest BCUT2D eigenvalue weighted by molar-refractivity contribution is -0.123. The van der Waals surface area contributed by atoms with Gasteiger partial charge in [-0.25, -0.2) is 8.42 Å². The second-order valence-corrected chi connectivity index (χ2v) is 9.77. The molecule has 0 heterocycles. The highest BCUT2D eigenvalue weighted by Crippen LogP contribution is 2.47. The maximum Gasteiger partial charge on any atom is 0.337 e. The molecule has 22 heavy (non-hydrogen) atoms. The first kappa shape index (κ1) is 19.0. The molecule has 0 fully saturated rings. The van der Waals surface area contributed by atoms with Crippen molar-refractivity contribution >= 4 is 23.2 Å².